The molecule has 17 heteroatoms. The second-order valence-corrected chi connectivity index (χ2v) is 15.6. The monoisotopic (exact) mass is 795 g/mol. The summed E-state index contributed by atoms with van der Waals surface area (Å²) < 4.78 is 94.3. The van der Waals surface area contributed by atoms with Crippen LogP contribution in [0.4, 0.5) is 5.69 Å². The van der Waals surface area contributed by atoms with Crippen molar-refractivity contribution in [2.24, 2.45) is 14.1 Å². The molecule has 0 aliphatic carbocycles. The van der Waals surface area contributed by atoms with Crippen LogP contribution in [0.1, 0.15) is 19.2 Å². The van der Waals surface area contributed by atoms with E-state index in [0.29, 0.717) is 17.0 Å². The molecule has 0 atom stereocenters. The van der Waals surface area contributed by atoms with Crippen LogP contribution < -0.4 is 65.6 Å². The van der Waals surface area contributed by atoms with Crippen LogP contribution in [0, 0.1) is 0 Å². The maximum Gasteiger partial charge on any atom is 1.00 e. The third kappa shape index (κ3) is 6.99. The molecule has 4 heterocycles. The van der Waals surface area contributed by atoms with E-state index in [1.807, 2.05) is 71.8 Å². The molecule has 0 fully saturated rings. The first-order valence-corrected chi connectivity index (χ1v) is 19.6. The zero-order chi connectivity index (χ0) is 37.4. The number of esters is 1. The number of anilines is 1. The fraction of sp³-hybridized carbons (Fsp3) is 0.189. The summed E-state index contributed by atoms with van der Waals surface area (Å²) in [6.07, 6.45) is 2.38. The molecule has 54 heavy (non-hydrogen) atoms. The van der Waals surface area contributed by atoms with E-state index >= 15 is 0 Å². The topological polar surface area (TPSA) is 177 Å². The van der Waals surface area contributed by atoms with Crippen LogP contribution in [0.25, 0.3) is 60.8 Å². The third-order valence-electron chi connectivity index (χ3n) is 9.38. The van der Waals surface area contributed by atoms with E-state index in [1.54, 1.807) is 31.2 Å². The number of rotatable bonds is 9. The van der Waals surface area contributed by atoms with Crippen molar-refractivity contribution in [2.45, 2.75) is 19.2 Å². The number of aromatic nitrogens is 3. The van der Waals surface area contributed by atoms with Gasteiger partial charge in [-0.3, -0.25) is 14.2 Å². The molecule has 272 valence electrons. The number of fused-ring (bicyclic) bond motifs is 8. The third-order valence-corrected chi connectivity index (χ3v) is 10.5. The molecule has 4 aromatic carbocycles. The van der Waals surface area contributed by atoms with Crippen LogP contribution in [0.2, 0.25) is 0 Å². The van der Waals surface area contributed by atoms with E-state index in [0.717, 1.165) is 43.6 Å². The Morgan fingerprint density at radius 1 is 0.889 bits per heavy atom. The molecule has 0 radical (unpaired) electrons. The van der Waals surface area contributed by atoms with Gasteiger partial charge in [-0.2, -0.15) is 8.42 Å². The number of oxazole rings is 1. The summed E-state index contributed by atoms with van der Waals surface area (Å²) in [5.74, 6) is -2.35. The second kappa shape index (κ2) is 14.2. The number of para-hydroxylation sites is 2. The van der Waals surface area contributed by atoms with E-state index in [4.69, 9.17) is 13.9 Å². The first-order valence-electron chi connectivity index (χ1n) is 16.5. The standard InChI is InChI=1S/C37H32N4O10S2.K/c1-4-49-37(42)15-22(13-35-40(20-52(43,44)45)31-16-25-23-9-5-7-11-27(23)38(2)29(25)18-33(31)50-35)14-36-41(21-53(46,47)48)32-17-26-24-10-6-8-12-28(24)39(3)30(26)19-34(32)51-36;/h5-14,16-19H,4,15,20-21H2,1-3H3,(H-,43,44,45,46,47,48);/q;+1. The van der Waals surface area contributed by atoms with E-state index in [2.05, 4.69) is 0 Å². The van der Waals surface area contributed by atoms with Crippen molar-refractivity contribution < 1.29 is 101 Å². The van der Waals surface area contributed by atoms with Gasteiger partial charge in [0.1, 0.15) is 0 Å². The average molecular weight is 796 g/mol. The van der Waals surface area contributed by atoms with Crippen molar-refractivity contribution in [1.82, 2.24) is 9.13 Å². The van der Waals surface area contributed by atoms with Crippen LogP contribution in [0.15, 0.2) is 94.7 Å². The van der Waals surface area contributed by atoms with Crippen molar-refractivity contribution in [1.29, 1.82) is 0 Å². The van der Waals surface area contributed by atoms with Crippen LogP contribution in [-0.4, -0.2) is 53.5 Å². The zero-order valence-electron chi connectivity index (χ0n) is 29.6. The van der Waals surface area contributed by atoms with Gasteiger partial charge in [-0.25, -0.2) is 8.42 Å². The van der Waals surface area contributed by atoms with Crippen molar-refractivity contribution in [3.05, 3.63) is 96.2 Å². The molecule has 3 aromatic heterocycles. The summed E-state index contributed by atoms with van der Waals surface area (Å²) >= 11 is 0. The number of carbonyl (C=O) groups excluding carboxylic acids is 1. The van der Waals surface area contributed by atoms with Gasteiger partial charge in [-0.1, -0.05) is 36.4 Å². The molecule has 0 saturated carbocycles. The molecule has 8 rings (SSSR count). The number of allylic oxidation sites excluding steroid dienone is 1. The van der Waals surface area contributed by atoms with Gasteiger partial charge in [-0.05, 0) is 30.7 Å². The Bertz CT molecular complexity index is 2980. The Morgan fingerprint density at radius 2 is 1.50 bits per heavy atom. The predicted molar refractivity (Wildman–Crippen MR) is 197 cm³/mol. The van der Waals surface area contributed by atoms with E-state index in [9.17, 15) is 30.7 Å². The normalized spacial score (nSPS) is 14.4. The van der Waals surface area contributed by atoms with E-state index in [1.165, 1.54) is 21.6 Å². The number of aryl methyl sites for hydroxylation is 2. The minimum atomic E-state index is -4.86. The number of benzene rings is 4. The minimum Gasteiger partial charge on any atom is -0.743 e. The summed E-state index contributed by atoms with van der Waals surface area (Å²) in [7, 11) is -5.68. The van der Waals surface area contributed by atoms with Crippen molar-refractivity contribution in [3.63, 3.8) is 0 Å². The van der Waals surface area contributed by atoms with Crippen LogP contribution in [0.3, 0.4) is 0 Å². The van der Waals surface area contributed by atoms with Gasteiger partial charge in [0.2, 0.25) is 17.3 Å². The summed E-state index contributed by atoms with van der Waals surface area (Å²) in [5.41, 5.74) is 4.60. The van der Waals surface area contributed by atoms with Gasteiger partial charge in [0, 0.05) is 70.9 Å². The van der Waals surface area contributed by atoms with Gasteiger partial charge in [0.15, 0.2) is 21.7 Å². The van der Waals surface area contributed by atoms with Crippen LogP contribution >= 0.6 is 0 Å². The molecule has 14 nitrogen and oxygen atoms in total. The molecule has 0 spiro atoms. The van der Waals surface area contributed by atoms with Gasteiger partial charge >= 0.3 is 63.2 Å². The van der Waals surface area contributed by atoms with E-state index < -0.39 is 38.0 Å². The Hall–Kier alpha value is -4.04. The van der Waals surface area contributed by atoms with Crippen molar-refractivity contribution in [2.75, 3.05) is 17.4 Å². The maximum atomic E-state index is 12.9. The number of nitrogens with zero attached hydrogens (tertiary/aromatic N) is 4. The molecular formula is C37H32KN4O10S2+. The van der Waals surface area contributed by atoms with Crippen LogP contribution in [-0.2, 0) is 49.7 Å². The molecule has 0 saturated heterocycles. The zero-order valence-corrected chi connectivity index (χ0v) is 34.4. The molecule has 1 N–H and O–H groups in total. The fourth-order valence-corrected chi connectivity index (χ4v) is 8.32. The van der Waals surface area contributed by atoms with Crippen molar-refractivity contribution >= 4 is 92.7 Å². The summed E-state index contributed by atoms with van der Waals surface area (Å²) in [5, 5.41) is 3.45. The minimum absolute atomic E-state index is 0. The molecule has 1 aliphatic heterocycles. The van der Waals surface area contributed by atoms with Crippen LogP contribution in [0.5, 0.6) is 5.75 Å². The molecular weight excluding hydrogens is 764 g/mol. The number of hydrogen-bond acceptors (Lipinski definition) is 10. The molecule has 1 aliphatic rings. The maximum absolute atomic E-state index is 12.9. The Morgan fingerprint density at radius 3 is 2.11 bits per heavy atom. The summed E-state index contributed by atoms with van der Waals surface area (Å²) in [6.45, 7) is 1.71. The van der Waals surface area contributed by atoms with E-state index in [-0.39, 0.29) is 87.3 Å². The first kappa shape index (κ1) is 38.2. The predicted octanol–water partition coefficient (Wildman–Crippen LogP) is 2.44. The smallest absolute Gasteiger partial charge is 0.743 e. The van der Waals surface area contributed by atoms with Gasteiger partial charge in [-0.15, -0.1) is 4.57 Å². The van der Waals surface area contributed by atoms with Gasteiger partial charge in [0.05, 0.1) is 35.8 Å². The number of carbonyl (C=O) groups is 1. The fourth-order valence-electron chi connectivity index (χ4n) is 7.15. The summed E-state index contributed by atoms with van der Waals surface area (Å²) in [4.78, 5) is 14.2. The largest absolute Gasteiger partial charge is 1.00 e. The molecule has 0 unspecified atom stereocenters. The van der Waals surface area contributed by atoms with Gasteiger partial charge < -0.3 is 27.6 Å². The summed E-state index contributed by atoms with van der Waals surface area (Å²) in [6, 6.07) is 22.4. The Balaban J connectivity index is 0.00000450. The SMILES string of the molecule is CCOC(=O)CC(/C=C1\Oc2cc3c(cc2N1CS(=O)(=O)O)c1ccccc1n3C)=C\c1oc2cc3c(cc2[n+]1CS(=O)(=O)[O-])c1ccccc1n3C.[K+]. The Labute approximate surface area is 351 Å². The van der Waals surface area contributed by atoms with Gasteiger partial charge in [0.25, 0.3) is 15.6 Å². The second-order valence-electron chi connectivity index (χ2n) is 12.8. The molecule has 7 aromatic rings. The quantitative estimate of drug-likeness (QED) is 0.0983. The Kier molecular flexibility index (Phi) is 10.1. The number of ether oxygens (including phenoxy) is 2. The molecule has 0 bridgehead atoms. The first-order chi connectivity index (χ1) is 25.2. The molecule has 0 amide bonds. The average Bonchev–Trinajstić information content (AvgIpc) is 3.77. The van der Waals surface area contributed by atoms with Crippen molar-refractivity contribution in [3.8, 4) is 5.75 Å². The number of hydrogen-bond donors (Lipinski definition) is 1.